The zero-order valence-corrected chi connectivity index (χ0v) is 17.7. The first kappa shape index (κ1) is 20.5. The Morgan fingerprint density at radius 3 is 2.39 bits per heavy atom. The van der Waals surface area contributed by atoms with E-state index in [0.717, 1.165) is 33.6 Å². The molecule has 0 spiro atoms. The van der Waals surface area contributed by atoms with Crippen LogP contribution in [0.1, 0.15) is 16.7 Å². The summed E-state index contributed by atoms with van der Waals surface area (Å²) < 4.78 is 5.88. The summed E-state index contributed by atoms with van der Waals surface area (Å²) in [6, 6.07) is 27.3. The van der Waals surface area contributed by atoms with Gasteiger partial charge in [-0.25, -0.2) is 4.98 Å². The van der Waals surface area contributed by atoms with E-state index < -0.39 is 0 Å². The third kappa shape index (κ3) is 4.37. The second kappa shape index (κ2) is 8.91. The minimum absolute atomic E-state index is 0.197. The van der Waals surface area contributed by atoms with E-state index in [1.54, 1.807) is 0 Å². The molecule has 4 nitrogen and oxygen atoms in total. The summed E-state index contributed by atoms with van der Waals surface area (Å²) in [5.74, 6) is 0.948. The number of nitrogens with zero attached hydrogens (tertiary/aromatic N) is 2. The summed E-state index contributed by atoms with van der Waals surface area (Å²) in [4.78, 5) is 4.49. The number of halogens is 1. The average Bonchev–Trinajstić information content (AvgIpc) is 2.80. The molecule has 0 unspecified atom stereocenters. The van der Waals surface area contributed by atoms with Crippen LogP contribution in [-0.2, 0) is 6.61 Å². The molecule has 5 heteroatoms. The smallest absolute Gasteiger partial charge is 0.142 e. The molecular weight excluding hydrogens is 406 g/mol. The molecule has 0 aliphatic heterocycles. The lowest BCUT2D eigenvalue weighted by Gasteiger charge is -2.16. The molecule has 31 heavy (non-hydrogen) atoms. The molecule has 1 heterocycles. The van der Waals surface area contributed by atoms with Crippen LogP contribution >= 0.6 is 11.6 Å². The number of nitrogen functional groups attached to an aromatic ring is 1. The molecule has 0 aliphatic carbocycles. The van der Waals surface area contributed by atoms with Crippen LogP contribution in [0.4, 0.5) is 5.82 Å². The van der Waals surface area contributed by atoms with Crippen LogP contribution in [0.25, 0.3) is 22.4 Å². The molecule has 0 atom stereocenters. The van der Waals surface area contributed by atoms with Gasteiger partial charge in [0.15, 0.2) is 0 Å². The fourth-order valence-corrected chi connectivity index (χ4v) is 3.73. The molecule has 4 aromatic rings. The standard InChI is InChI=1S/C26H20ClN3O/c1-17-24(19-10-12-22(13-11-19)31-16-18-6-3-2-4-7-18)23(15-28)26(29)30-25(17)20-8-5-9-21(27)14-20/h2-14H,16H2,1H3,(H2,29,30). The molecule has 0 radical (unpaired) electrons. The number of hydrogen-bond acceptors (Lipinski definition) is 4. The van der Waals surface area contributed by atoms with E-state index >= 15 is 0 Å². The van der Waals surface area contributed by atoms with Crippen molar-refractivity contribution in [3.63, 3.8) is 0 Å². The number of nitriles is 1. The van der Waals surface area contributed by atoms with Gasteiger partial charge in [-0.1, -0.05) is 66.2 Å². The molecule has 4 rings (SSSR count). The normalized spacial score (nSPS) is 10.5. The minimum Gasteiger partial charge on any atom is -0.489 e. The Kier molecular flexibility index (Phi) is 5.88. The summed E-state index contributed by atoms with van der Waals surface area (Å²) >= 11 is 6.17. The fourth-order valence-electron chi connectivity index (χ4n) is 3.54. The fraction of sp³-hybridized carbons (Fsp3) is 0.0769. The Morgan fingerprint density at radius 1 is 0.968 bits per heavy atom. The zero-order valence-electron chi connectivity index (χ0n) is 17.0. The predicted molar refractivity (Wildman–Crippen MR) is 125 cm³/mol. The number of benzene rings is 3. The van der Waals surface area contributed by atoms with Crippen molar-refractivity contribution in [2.75, 3.05) is 5.73 Å². The average molecular weight is 426 g/mol. The maximum Gasteiger partial charge on any atom is 0.142 e. The first-order valence-corrected chi connectivity index (χ1v) is 10.2. The van der Waals surface area contributed by atoms with Crippen LogP contribution in [0.5, 0.6) is 5.75 Å². The maximum absolute atomic E-state index is 9.74. The Hall–Kier alpha value is -3.81. The molecule has 0 saturated carbocycles. The maximum atomic E-state index is 9.74. The summed E-state index contributed by atoms with van der Waals surface area (Å²) in [5, 5.41) is 10.4. The number of pyridine rings is 1. The Balaban J connectivity index is 1.70. The lowest BCUT2D eigenvalue weighted by molar-refractivity contribution is 0.306. The van der Waals surface area contributed by atoms with Gasteiger partial charge in [0.1, 0.15) is 29.8 Å². The van der Waals surface area contributed by atoms with Gasteiger partial charge in [0.2, 0.25) is 0 Å². The highest BCUT2D eigenvalue weighted by Gasteiger charge is 2.18. The first-order chi connectivity index (χ1) is 15.1. The number of ether oxygens (including phenoxy) is 1. The van der Waals surface area contributed by atoms with E-state index in [1.807, 2.05) is 85.8 Å². The number of rotatable bonds is 5. The van der Waals surface area contributed by atoms with Gasteiger partial charge in [-0.2, -0.15) is 5.26 Å². The molecule has 2 N–H and O–H groups in total. The van der Waals surface area contributed by atoms with Gasteiger partial charge in [0.25, 0.3) is 0 Å². The van der Waals surface area contributed by atoms with E-state index in [9.17, 15) is 5.26 Å². The van der Waals surface area contributed by atoms with Crippen molar-refractivity contribution in [1.29, 1.82) is 5.26 Å². The van der Waals surface area contributed by atoms with Crippen molar-refractivity contribution in [2.24, 2.45) is 0 Å². The summed E-state index contributed by atoms with van der Waals surface area (Å²) in [7, 11) is 0. The molecule has 3 aromatic carbocycles. The van der Waals surface area contributed by atoms with Gasteiger partial charge >= 0.3 is 0 Å². The molecule has 0 saturated heterocycles. The highest BCUT2D eigenvalue weighted by Crippen LogP contribution is 2.36. The van der Waals surface area contributed by atoms with Crippen molar-refractivity contribution >= 4 is 17.4 Å². The first-order valence-electron chi connectivity index (χ1n) is 9.80. The topological polar surface area (TPSA) is 71.9 Å². The third-order valence-electron chi connectivity index (χ3n) is 5.07. The Labute approximate surface area is 186 Å². The SMILES string of the molecule is Cc1c(-c2cccc(Cl)c2)nc(N)c(C#N)c1-c1ccc(OCc2ccccc2)cc1. The largest absolute Gasteiger partial charge is 0.489 e. The zero-order chi connectivity index (χ0) is 21.8. The van der Waals surface area contributed by atoms with E-state index in [0.29, 0.717) is 22.9 Å². The van der Waals surface area contributed by atoms with Crippen molar-refractivity contribution in [3.05, 3.63) is 101 Å². The number of aromatic nitrogens is 1. The van der Waals surface area contributed by atoms with Gasteiger partial charge < -0.3 is 10.5 Å². The third-order valence-corrected chi connectivity index (χ3v) is 5.30. The molecular formula is C26H20ClN3O. The molecule has 0 aliphatic rings. The Bertz CT molecular complexity index is 1260. The van der Waals surface area contributed by atoms with Crippen LogP contribution in [0.3, 0.4) is 0 Å². The summed E-state index contributed by atoms with van der Waals surface area (Å²) in [5.41, 5.74) is 11.7. The van der Waals surface area contributed by atoms with Crippen molar-refractivity contribution in [1.82, 2.24) is 4.98 Å². The van der Waals surface area contributed by atoms with Gasteiger partial charge in [-0.3, -0.25) is 0 Å². The van der Waals surface area contributed by atoms with Gasteiger partial charge in [0, 0.05) is 16.1 Å². The molecule has 0 bridgehead atoms. The minimum atomic E-state index is 0.197. The van der Waals surface area contributed by atoms with Crippen LogP contribution in [0.15, 0.2) is 78.9 Å². The van der Waals surface area contributed by atoms with Crippen molar-refractivity contribution in [3.8, 4) is 34.2 Å². The molecule has 0 amide bonds. The summed E-state index contributed by atoms with van der Waals surface area (Å²) in [6.45, 7) is 2.43. The molecule has 1 aromatic heterocycles. The van der Waals surface area contributed by atoms with Gasteiger partial charge in [-0.15, -0.1) is 0 Å². The highest BCUT2D eigenvalue weighted by molar-refractivity contribution is 6.30. The van der Waals surface area contributed by atoms with Crippen molar-refractivity contribution in [2.45, 2.75) is 13.5 Å². The second-order valence-corrected chi connectivity index (χ2v) is 7.58. The van der Waals surface area contributed by atoms with E-state index in [-0.39, 0.29) is 5.82 Å². The van der Waals surface area contributed by atoms with Crippen molar-refractivity contribution < 1.29 is 4.74 Å². The monoisotopic (exact) mass is 425 g/mol. The summed E-state index contributed by atoms with van der Waals surface area (Å²) in [6.07, 6.45) is 0. The molecule has 152 valence electrons. The number of anilines is 1. The van der Waals surface area contributed by atoms with Gasteiger partial charge in [0.05, 0.1) is 5.69 Å². The van der Waals surface area contributed by atoms with Crippen LogP contribution < -0.4 is 10.5 Å². The van der Waals surface area contributed by atoms with E-state index in [1.165, 1.54) is 0 Å². The predicted octanol–water partition coefficient (Wildman–Crippen LogP) is 6.41. The van der Waals surface area contributed by atoms with E-state index in [2.05, 4.69) is 11.1 Å². The lowest BCUT2D eigenvalue weighted by atomic mass is 9.93. The quantitative estimate of drug-likeness (QED) is 0.401. The van der Waals surface area contributed by atoms with E-state index in [4.69, 9.17) is 22.1 Å². The Morgan fingerprint density at radius 2 is 1.71 bits per heavy atom. The molecule has 0 fully saturated rings. The van der Waals surface area contributed by atoms with Crippen LogP contribution in [-0.4, -0.2) is 4.98 Å². The lowest BCUT2D eigenvalue weighted by Crippen LogP contribution is -2.03. The van der Waals surface area contributed by atoms with Gasteiger partial charge in [-0.05, 0) is 47.9 Å². The van der Waals surface area contributed by atoms with Crippen LogP contribution in [0.2, 0.25) is 5.02 Å². The number of nitrogens with two attached hydrogens (primary N) is 1. The highest BCUT2D eigenvalue weighted by atomic mass is 35.5. The number of hydrogen-bond donors (Lipinski definition) is 1. The van der Waals surface area contributed by atoms with Crippen LogP contribution in [0, 0.1) is 18.3 Å². The second-order valence-electron chi connectivity index (χ2n) is 7.14.